The minimum Gasteiger partial charge on any atom is -0.179 e. The van der Waals surface area contributed by atoms with E-state index in [4.69, 9.17) is 12.6 Å². The number of thiol groups is 2. The predicted octanol–water partition coefficient (Wildman–Crippen LogP) is 11.0. The van der Waals surface area contributed by atoms with Gasteiger partial charge in [-0.2, -0.15) is 25.3 Å². The first kappa shape index (κ1) is 30.7. The first-order valence-corrected chi connectivity index (χ1v) is 15.2. The van der Waals surface area contributed by atoms with Gasteiger partial charge in [0, 0.05) is 5.25 Å². The summed E-state index contributed by atoms with van der Waals surface area (Å²) in [5.41, 5.74) is 0. The topological polar surface area (TPSA) is 0 Å². The van der Waals surface area contributed by atoms with Gasteiger partial charge in [0.15, 0.2) is 0 Å². The van der Waals surface area contributed by atoms with E-state index in [1.165, 1.54) is 161 Å². The number of rotatable bonds is 26. The highest BCUT2D eigenvalue weighted by Crippen LogP contribution is 2.18. The lowest BCUT2D eigenvalue weighted by molar-refractivity contribution is 0.521. The molecule has 0 spiro atoms. The molecule has 0 bridgehead atoms. The second-order valence-corrected chi connectivity index (χ2v) is 10.9. The highest BCUT2D eigenvalue weighted by molar-refractivity contribution is 7.81. The largest absolute Gasteiger partial charge is 0.179 e. The average molecular weight is 459 g/mol. The molecule has 30 heavy (non-hydrogen) atoms. The molecular formula is C28H58S2. The van der Waals surface area contributed by atoms with Crippen LogP contribution in [0.4, 0.5) is 0 Å². The molecule has 0 rings (SSSR count). The number of hydrogen-bond acceptors (Lipinski definition) is 2. The van der Waals surface area contributed by atoms with Gasteiger partial charge in [0.25, 0.3) is 0 Å². The molecule has 0 amide bonds. The monoisotopic (exact) mass is 458 g/mol. The molecule has 0 saturated carbocycles. The van der Waals surface area contributed by atoms with Gasteiger partial charge >= 0.3 is 0 Å². The Bertz CT molecular complexity index is 292. The molecule has 0 aliphatic rings. The summed E-state index contributed by atoms with van der Waals surface area (Å²) < 4.78 is 0. The van der Waals surface area contributed by atoms with Crippen LogP contribution in [0.2, 0.25) is 0 Å². The van der Waals surface area contributed by atoms with E-state index >= 15 is 0 Å². The van der Waals surface area contributed by atoms with Crippen molar-refractivity contribution in [1.82, 2.24) is 0 Å². The molecule has 182 valence electrons. The van der Waals surface area contributed by atoms with Crippen molar-refractivity contribution >= 4 is 25.3 Å². The summed E-state index contributed by atoms with van der Waals surface area (Å²) in [7, 11) is 0. The quantitative estimate of drug-likeness (QED) is 0.0934. The van der Waals surface area contributed by atoms with Gasteiger partial charge in [0.05, 0.1) is 0 Å². The minimum absolute atomic E-state index is 0.657. The summed E-state index contributed by atoms with van der Waals surface area (Å²) in [6.07, 6.45) is 35.6. The number of unbranched alkanes of at least 4 members (excludes halogenated alkanes) is 21. The van der Waals surface area contributed by atoms with Crippen molar-refractivity contribution in [3.8, 4) is 0 Å². The summed E-state index contributed by atoms with van der Waals surface area (Å²) >= 11 is 9.11. The van der Waals surface area contributed by atoms with E-state index in [1.807, 2.05) is 0 Å². The van der Waals surface area contributed by atoms with Crippen LogP contribution in [0.1, 0.15) is 167 Å². The van der Waals surface area contributed by atoms with E-state index in [2.05, 4.69) is 19.6 Å². The van der Waals surface area contributed by atoms with Gasteiger partial charge in [-0.3, -0.25) is 0 Å². The molecule has 0 fully saturated rings. The molecule has 0 aromatic carbocycles. The van der Waals surface area contributed by atoms with Gasteiger partial charge in [-0.05, 0) is 25.0 Å². The molecule has 2 heteroatoms. The van der Waals surface area contributed by atoms with Crippen molar-refractivity contribution in [3.05, 3.63) is 0 Å². The Morgan fingerprint density at radius 3 is 0.967 bits per heavy atom. The van der Waals surface area contributed by atoms with Gasteiger partial charge in [-0.15, -0.1) is 0 Å². The zero-order valence-corrected chi connectivity index (χ0v) is 22.6. The zero-order valence-electron chi connectivity index (χ0n) is 20.9. The lowest BCUT2D eigenvalue weighted by atomic mass is 10.0. The molecular weight excluding hydrogens is 400 g/mol. The third-order valence-electron chi connectivity index (χ3n) is 6.59. The summed E-state index contributed by atoms with van der Waals surface area (Å²) in [5, 5.41) is 0.657. The van der Waals surface area contributed by atoms with Crippen LogP contribution in [-0.4, -0.2) is 11.0 Å². The Kier molecular flexibility index (Phi) is 28.4. The summed E-state index contributed by atoms with van der Waals surface area (Å²) in [6.45, 7) is 2.30. The van der Waals surface area contributed by atoms with Gasteiger partial charge in [-0.25, -0.2) is 0 Å². The standard InChI is InChI=1S/C28H58S2/c1-2-3-4-5-6-7-8-9-10-13-16-19-22-25-28(30)26-23-20-17-14-11-12-15-18-21-24-27-29/h28-30H,2-27H2,1H3. The van der Waals surface area contributed by atoms with Crippen molar-refractivity contribution in [2.45, 2.75) is 173 Å². The fourth-order valence-electron chi connectivity index (χ4n) is 4.45. The van der Waals surface area contributed by atoms with Crippen LogP contribution >= 0.6 is 25.3 Å². The molecule has 0 N–H and O–H groups in total. The average Bonchev–Trinajstić information content (AvgIpc) is 2.75. The third kappa shape index (κ3) is 26.7. The van der Waals surface area contributed by atoms with E-state index < -0.39 is 0 Å². The molecule has 0 aromatic rings. The first-order valence-electron chi connectivity index (χ1n) is 14.1. The Hall–Kier alpha value is 0.700. The Balaban J connectivity index is 3.12. The maximum absolute atomic E-state index is 4.84. The second kappa shape index (κ2) is 27.7. The molecule has 0 nitrogen and oxygen atoms in total. The van der Waals surface area contributed by atoms with Gasteiger partial charge in [0.2, 0.25) is 0 Å². The van der Waals surface area contributed by atoms with Crippen LogP contribution in [0.3, 0.4) is 0 Å². The maximum Gasteiger partial charge on any atom is 0.00168 e. The number of hydrogen-bond donors (Lipinski definition) is 2. The van der Waals surface area contributed by atoms with E-state index in [1.54, 1.807) is 0 Å². The Morgan fingerprint density at radius 1 is 0.400 bits per heavy atom. The van der Waals surface area contributed by atoms with Crippen molar-refractivity contribution in [3.63, 3.8) is 0 Å². The summed E-state index contributed by atoms with van der Waals surface area (Å²) in [5.74, 6) is 1.06. The normalized spacial score (nSPS) is 12.5. The summed E-state index contributed by atoms with van der Waals surface area (Å²) in [6, 6.07) is 0. The predicted molar refractivity (Wildman–Crippen MR) is 148 cm³/mol. The second-order valence-electron chi connectivity index (χ2n) is 9.73. The van der Waals surface area contributed by atoms with Gasteiger partial charge in [0.1, 0.15) is 0 Å². The fraction of sp³-hybridized carbons (Fsp3) is 1.00. The fourth-order valence-corrected chi connectivity index (χ4v) is 5.04. The Labute approximate surface area is 203 Å². The van der Waals surface area contributed by atoms with Crippen molar-refractivity contribution in [2.24, 2.45) is 0 Å². The highest BCUT2D eigenvalue weighted by Gasteiger charge is 2.03. The molecule has 0 aliphatic carbocycles. The third-order valence-corrected chi connectivity index (χ3v) is 7.42. The van der Waals surface area contributed by atoms with Crippen molar-refractivity contribution in [2.75, 3.05) is 5.75 Å². The van der Waals surface area contributed by atoms with Gasteiger partial charge < -0.3 is 0 Å². The Morgan fingerprint density at radius 2 is 0.667 bits per heavy atom. The van der Waals surface area contributed by atoms with E-state index in [9.17, 15) is 0 Å². The van der Waals surface area contributed by atoms with Crippen molar-refractivity contribution < 1.29 is 0 Å². The molecule has 1 atom stereocenters. The van der Waals surface area contributed by atoms with Crippen LogP contribution in [0.25, 0.3) is 0 Å². The maximum atomic E-state index is 4.84. The SMILES string of the molecule is CCCCCCCCCCCCCCCC(S)CCCCCCCCCCCCS. The minimum atomic E-state index is 0.657. The van der Waals surface area contributed by atoms with Gasteiger partial charge in [-0.1, -0.05) is 148 Å². The van der Waals surface area contributed by atoms with Crippen molar-refractivity contribution in [1.29, 1.82) is 0 Å². The van der Waals surface area contributed by atoms with Crippen LogP contribution < -0.4 is 0 Å². The van der Waals surface area contributed by atoms with E-state index in [0.717, 1.165) is 5.75 Å². The zero-order chi connectivity index (χ0) is 22.0. The van der Waals surface area contributed by atoms with E-state index in [0.29, 0.717) is 5.25 Å². The van der Waals surface area contributed by atoms with E-state index in [-0.39, 0.29) is 0 Å². The van der Waals surface area contributed by atoms with Crippen LogP contribution in [0, 0.1) is 0 Å². The first-order chi connectivity index (χ1) is 14.8. The molecule has 0 heterocycles. The van der Waals surface area contributed by atoms with Crippen LogP contribution in [0.15, 0.2) is 0 Å². The highest BCUT2D eigenvalue weighted by atomic mass is 32.1. The molecule has 0 radical (unpaired) electrons. The van der Waals surface area contributed by atoms with Crippen LogP contribution in [-0.2, 0) is 0 Å². The molecule has 0 saturated heterocycles. The molecule has 0 aliphatic heterocycles. The lowest BCUT2D eigenvalue weighted by Gasteiger charge is -2.10. The lowest BCUT2D eigenvalue weighted by Crippen LogP contribution is -1.98. The smallest absolute Gasteiger partial charge is 0.00168 e. The molecule has 0 aromatic heterocycles. The van der Waals surface area contributed by atoms with Crippen LogP contribution in [0.5, 0.6) is 0 Å². The summed E-state index contributed by atoms with van der Waals surface area (Å²) in [4.78, 5) is 0. The molecule has 1 unspecified atom stereocenters.